The quantitative estimate of drug-likeness (QED) is 0.829. The third-order valence-corrected chi connectivity index (χ3v) is 2.42. The first-order valence-electron chi connectivity index (χ1n) is 5.10. The summed E-state index contributed by atoms with van der Waals surface area (Å²) in [4.78, 5) is 0. The van der Waals surface area contributed by atoms with Gasteiger partial charge in [0.2, 0.25) is 0 Å². The number of halogens is 1. The molecule has 0 spiro atoms. The van der Waals surface area contributed by atoms with Gasteiger partial charge in [0, 0.05) is 17.6 Å². The largest absolute Gasteiger partial charge is 0.389 e. The molecule has 0 heterocycles. The maximum Gasteiger partial charge on any atom is 0.0715 e. The van der Waals surface area contributed by atoms with Crippen molar-refractivity contribution in [3.63, 3.8) is 0 Å². The molecule has 0 saturated heterocycles. The van der Waals surface area contributed by atoms with Gasteiger partial charge in [-0.2, -0.15) is 0 Å². The minimum atomic E-state index is -0.688. The summed E-state index contributed by atoms with van der Waals surface area (Å²) >= 11 is 5.90. The van der Waals surface area contributed by atoms with Crippen molar-refractivity contribution in [1.29, 1.82) is 0 Å². The third kappa shape index (κ3) is 4.65. The standard InChI is InChI=1S/C12H18ClNO/c1-9(14-8-12(2,3)15)10-5-4-6-11(13)7-10/h4-7,9,14-15H,8H2,1-3H3. The van der Waals surface area contributed by atoms with Crippen molar-refractivity contribution >= 4 is 11.6 Å². The summed E-state index contributed by atoms with van der Waals surface area (Å²) in [5.74, 6) is 0. The summed E-state index contributed by atoms with van der Waals surface area (Å²) in [7, 11) is 0. The molecule has 3 heteroatoms. The lowest BCUT2D eigenvalue weighted by atomic mass is 10.1. The first-order chi connectivity index (χ1) is 6.88. The van der Waals surface area contributed by atoms with Crippen molar-refractivity contribution in [3.8, 4) is 0 Å². The number of hydrogen-bond acceptors (Lipinski definition) is 2. The Labute approximate surface area is 96.3 Å². The molecule has 1 aromatic rings. The highest BCUT2D eigenvalue weighted by Gasteiger charge is 2.14. The summed E-state index contributed by atoms with van der Waals surface area (Å²) in [6.45, 7) is 6.17. The van der Waals surface area contributed by atoms with Crippen molar-refractivity contribution in [2.75, 3.05) is 6.54 Å². The van der Waals surface area contributed by atoms with Crippen molar-refractivity contribution in [3.05, 3.63) is 34.9 Å². The lowest BCUT2D eigenvalue weighted by Crippen LogP contribution is -2.36. The maximum absolute atomic E-state index is 9.58. The van der Waals surface area contributed by atoms with Gasteiger partial charge in [-0.25, -0.2) is 0 Å². The molecule has 1 unspecified atom stereocenters. The van der Waals surface area contributed by atoms with Gasteiger partial charge in [-0.1, -0.05) is 23.7 Å². The highest BCUT2D eigenvalue weighted by molar-refractivity contribution is 6.30. The lowest BCUT2D eigenvalue weighted by molar-refractivity contribution is 0.0770. The van der Waals surface area contributed by atoms with Crippen LogP contribution >= 0.6 is 11.6 Å². The Kier molecular flexibility index (Phi) is 4.14. The second-order valence-corrected chi connectivity index (χ2v) is 4.91. The van der Waals surface area contributed by atoms with E-state index in [1.54, 1.807) is 13.8 Å². The van der Waals surface area contributed by atoms with Crippen molar-refractivity contribution < 1.29 is 5.11 Å². The van der Waals surface area contributed by atoms with Crippen LogP contribution in [-0.2, 0) is 0 Å². The van der Waals surface area contributed by atoms with Crippen LogP contribution in [0.25, 0.3) is 0 Å². The minimum absolute atomic E-state index is 0.190. The molecule has 1 atom stereocenters. The number of aliphatic hydroxyl groups is 1. The normalized spacial score (nSPS) is 13.9. The first kappa shape index (κ1) is 12.5. The Bertz CT molecular complexity index is 320. The van der Waals surface area contributed by atoms with Gasteiger partial charge in [0.15, 0.2) is 0 Å². The van der Waals surface area contributed by atoms with E-state index in [0.29, 0.717) is 6.54 Å². The molecule has 0 aliphatic carbocycles. The van der Waals surface area contributed by atoms with E-state index in [1.807, 2.05) is 24.3 Å². The lowest BCUT2D eigenvalue weighted by Gasteiger charge is -2.22. The molecule has 2 N–H and O–H groups in total. The Morgan fingerprint density at radius 3 is 2.67 bits per heavy atom. The van der Waals surface area contributed by atoms with Crippen LogP contribution in [0.2, 0.25) is 5.02 Å². The Balaban J connectivity index is 2.58. The Morgan fingerprint density at radius 1 is 1.47 bits per heavy atom. The monoisotopic (exact) mass is 227 g/mol. The van der Waals surface area contributed by atoms with Gasteiger partial charge in [-0.05, 0) is 38.5 Å². The van der Waals surface area contributed by atoms with E-state index in [0.717, 1.165) is 10.6 Å². The predicted molar refractivity (Wildman–Crippen MR) is 64.2 cm³/mol. The number of benzene rings is 1. The fourth-order valence-corrected chi connectivity index (χ4v) is 1.50. The topological polar surface area (TPSA) is 32.3 Å². The van der Waals surface area contributed by atoms with E-state index in [-0.39, 0.29) is 6.04 Å². The first-order valence-corrected chi connectivity index (χ1v) is 5.47. The third-order valence-electron chi connectivity index (χ3n) is 2.19. The van der Waals surface area contributed by atoms with E-state index in [4.69, 9.17) is 11.6 Å². The van der Waals surface area contributed by atoms with Crippen LogP contribution in [-0.4, -0.2) is 17.3 Å². The predicted octanol–water partition coefficient (Wildman–Crippen LogP) is 2.76. The average molecular weight is 228 g/mol. The fraction of sp³-hybridized carbons (Fsp3) is 0.500. The molecule has 0 radical (unpaired) electrons. The number of rotatable bonds is 4. The van der Waals surface area contributed by atoms with Crippen molar-refractivity contribution in [2.45, 2.75) is 32.4 Å². The summed E-state index contributed by atoms with van der Waals surface area (Å²) in [5.41, 5.74) is 0.444. The maximum atomic E-state index is 9.58. The Hall–Kier alpha value is -0.570. The minimum Gasteiger partial charge on any atom is -0.389 e. The van der Waals surface area contributed by atoms with Crippen LogP contribution in [0.4, 0.5) is 0 Å². The van der Waals surface area contributed by atoms with Crippen LogP contribution in [0.5, 0.6) is 0 Å². The summed E-state index contributed by atoms with van der Waals surface area (Å²) in [6, 6.07) is 7.93. The molecule has 0 fully saturated rings. The fourth-order valence-electron chi connectivity index (χ4n) is 1.30. The smallest absolute Gasteiger partial charge is 0.0715 e. The van der Waals surface area contributed by atoms with Crippen LogP contribution in [0.15, 0.2) is 24.3 Å². The molecule has 0 aromatic heterocycles. The van der Waals surface area contributed by atoms with Gasteiger partial charge in [0.25, 0.3) is 0 Å². The second kappa shape index (κ2) is 4.97. The number of nitrogens with one attached hydrogen (secondary N) is 1. The van der Waals surface area contributed by atoms with Gasteiger partial charge >= 0.3 is 0 Å². The molecule has 0 aliphatic rings. The molecule has 84 valence electrons. The van der Waals surface area contributed by atoms with Crippen LogP contribution < -0.4 is 5.32 Å². The molecule has 0 saturated carbocycles. The van der Waals surface area contributed by atoms with Crippen LogP contribution in [0.3, 0.4) is 0 Å². The van der Waals surface area contributed by atoms with Gasteiger partial charge in [0.05, 0.1) is 5.60 Å². The molecular formula is C12H18ClNO. The van der Waals surface area contributed by atoms with Gasteiger partial charge in [0.1, 0.15) is 0 Å². The van der Waals surface area contributed by atoms with E-state index in [1.165, 1.54) is 0 Å². The van der Waals surface area contributed by atoms with Gasteiger partial charge < -0.3 is 10.4 Å². The molecule has 0 amide bonds. The molecule has 0 bridgehead atoms. The zero-order chi connectivity index (χ0) is 11.5. The molecule has 2 nitrogen and oxygen atoms in total. The highest BCUT2D eigenvalue weighted by Crippen LogP contribution is 2.17. The second-order valence-electron chi connectivity index (χ2n) is 4.47. The van der Waals surface area contributed by atoms with E-state index in [2.05, 4.69) is 12.2 Å². The SMILES string of the molecule is CC(NCC(C)(C)O)c1cccc(Cl)c1. The highest BCUT2D eigenvalue weighted by atomic mass is 35.5. The van der Waals surface area contributed by atoms with Crippen LogP contribution in [0, 0.1) is 0 Å². The van der Waals surface area contributed by atoms with E-state index in [9.17, 15) is 5.11 Å². The molecule has 15 heavy (non-hydrogen) atoms. The number of hydrogen-bond donors (Lipinski definition) is 2. The van der Waals surface area contributed by atoms with E-state index < -0.39 is 5.60 Å². The summed E-state index contributed by atoms with van der Waals surface area (Å²) in [5, 5.41) is 13.6. The average Bonchev–Trinajstić information content (AvgIpc) is 2.13. The van der Waals surface area contributed by atoms with Crippen molar-refractivity contribution in [1.82, 2.24) is 5.32 Å². The van der Waals surface area contributed by atoms with Crippen LogP contribution in [0.1, 0.15) is 32.4 Å². The molecular weight excluding hydrogens is 210 g/mol. The zero-order valence-corrected chi connectivity index (χ0v) is 10.2. The summed E-state index contributed by atoms with van der Waals surface area (Å²) < 4.78 is 0. The molecule has 1 rings (SSSR count). The van der Waals surface area contributed by atoms with Gasteiger partial charge in [-0.15, -0.1) is 0 Å². The summed E-state index contributed by atoms with van der Waals surface area (Å²) in [6.07, 6.45) is 0. The zero-order valence-electron chi connectivity index (χ0n) is 9.42. The molecule has 0 aliphatic heterocycles. The molecule has 1 aromatic carbocycles. The van der Waals surface area contributed by atoms with E-state index >= 15 is 0 Å². The van der Waals surface area contributed by atoms with Crippen molar-refractivity contribution in [2.24, 2.45) is 0 Å². The Morgan fingerprint density at radius 2 is 2.13 bits per heavy atom. The van der Waals surface area contributed by atoms with Gasteiger partial charge in [-0.3, -0.25) is 0 Å².